The number of nitrogens with one attached hydrogen (secondary N) is 1. The van der Waals surface area contributed by atoms with Gasteiger partial charge in [-0.3, -0.25) is 9.89 Å². The van der Waals surface area contributed by atoms with Gasteiger partial charge in [0.15, 0.2) is 0 Å². The number of carbonyl (C=O) groups excluding carboxylic acids is 1. The zero-order valence-corrected chi connectivity index (χ0v) is 10.7. The second-order valence-corrected chi connectivity index (χ2v) is 4.97. The summed E-state index contributed by atoms with van der Waals surface area (Å²) < 4.78 is 0. The molecule has 0 bridgehead atoms. The quantitative estimate of drug-likeness (QED) is 0.799. The van der Waals surface area contributed by atoms with Gasteiger partial charge in [-0.25, -0.2) is 0 Å². The first kappa shape index (κ1) is 12.1. The zero-order valence-electron chi connectivity index (χ0n) is 10.7. The van der Waals surface area contributed by atoms with E-state index < -0.39 is 0 Å². The number of amides is 1. The van der Waals surface area contributed by atoms with Gasteiger partial charge in [0.2, 0.25) is 0 Å². The average molecular weight is 236 g/mol. The fourth-order valence-corrected chi connectivity index (χ4v) is 2.43. The molecule has 1 amide bonds. The first-order chi connectivity index (χ1) is 8.00. The minimum absolute atomic E-state index is 0.0805. The van der Waals surface area contributed by atoms with E-state index in [-0.39, 0.29) is 11.9 Å². The van der Waals surface area contributed by atoms with Crippen molar-refractivity contribution in [1.82, 2.24) is 15.1 Å². The van der Waals surface area contributed by atoms with Crippen LogP contribution in [-0.2, 0) is 0 Å². The molecule has 17 heavy (non-hydrogen) atoms. The smallest absolute Gasteiger partial charge is 0.257 e. The molecular weight excluding hydrogens is 216 g/mol. The van der Waals surface area contributed by atoms with Crippen molar-refractivity contribution in [1.29, 1.82) is 0 Å². The second kappa shape index (κ2) is 4.49. The summed E-state index contributed by atoms with van der Waals surface area (Å²) in [5.74, 6) is 0.503. The van der Waals surface area contributed by atoms with Crippen LogP contribution in [0.1, 0.15) is 35.1 Å². The highest BCUT2D eigenvalue weighted by molar-refractivity contribution is 5.96. The number of carbonyl (C=O) groups is 1. The van der Waals surface area contributed by atoms with E-state index in [4.69, 9.17) is 5.73 Å². The summed E-state index contributed by atoms with van der Waals surface area (Å²) in [4.78, 5) is 14.2. The van der Waals surface area contributed by atoms with Gasteiger partial charge >= 0.3 is 0 Å². The Hall–Kier alpha value is -1.36. The molecule has 2 atom stereocenters. The van der Waals surface area contributed by atoms with Crippen LogP contribution in [0.15, 0.2) is 0 Å². The Morgan fingerprint density at radius 3 is 2.76 bits per heavy atom. The summed E-state index contributed by atoms with van der Waals surface area (Å²) in [5.41, 5.74) is 8.22. The summed E-state index contributed by atoms with van der Waals surface area (Å²) in [6.45, 7) is 7.31. The third-order valence-corrected chi connectivity index (χ3v) is 3.60. The minimum atomic E-state index is 0.0805. The number of likely N-dealkylation sites (tertiary alicyclic amines) is 1. The van der Waals surface area contributed by atoms with Gasteiger partial charge in [0.05, 0.1) is 11.3 Å². The van der Waals surface area contributed by atoms with Gasteiger partial charge in [0.25, 0.3) is 5.91 Å². The molecule has 2 rings (SSSR count). The molecule has 1 aromatic heterocycles. The van der Waals surface area contributed by atoms with Crippen molar-refractivity contribution >= 4 is 5.91 Å². The van der Waals surface area contributed by atoms with Crippen molar-refractivity contribution < 1.29 is 4.79 Å². The fraction of sp³-hybridized carbons (Fsp3) is 0.667. The topological polar surface area (TPSA) is 75.0 Å². The molecule has 1 fully saturated rings. The van der Waals surface area contributed by atoms with Gasteiger partial charge in [-0.1, -0.05) is 0 Å². The maximum atomic E-state index is 12.3. The molecule has 1 aliphatic heterocycles. The van der Waals surface area contributed by atoms with Gasteiger partial charge in [-0.15, -0.1) is 0 Å². The largest absolute Gasteiger partial charge is 0.338 e. The molecule has 3 N–H and O–H groups in total. The predicted octanol–water partition coefficient (Wildman–Crippen LogP) is 0.836. The highest BCUT2D eigenvalue weighted by Gasteiger charge is 2.30. The maximum Gasteiger partial charge on any atom is 0.257 e. The number of hydrogen-bond donors (Lipinski definition) is 2. The minimum Gasteiger partial charge on any atom is -0.338 e. The first-order valence-corrected chi connectivity index (χ1v) is 6.07. The molecule has 0 saturated carbocycles. The molecule has 94 valence electrons. The summed E-state index contributed by atoms with van der Waals surface area (Å²) >= 11 is 0. The molecule has 0 radical (unpaired) electrons. The number of aryl methyl sites for hydroxylation is 2. The van der Waals surface area contributed by atoms with Gasteiger partial charge in [-0.05, 0) is 33.1 Å². The van der Waals surface area contributed by atoms with Crippen LogP contribution in [0.3, 0.4) is 0 Å². The van der Waals surface area contributed by atoms with Gasteiger partial charge in [0, 0.05) is 24.8 Å². The number of nitrogens with zero attached hydrogens (tertiary/aromatic N) is 2. The van der Waals surface area contributed by atoms with Crippen LogP contribution >= 0.6 is 0 Å². The Labute approximate surface area is 101 Å². The number of rotatable bonds is 2. The van der Waals surface area contributed by atoms with Crippen LogP contribution in [0.2, 0.25) is 0 Å². The monoisotopic (exact) mass is 236 g/mol. The molecule has 0 spiro atoms. The average Bonchev–Trinajstić information content (AvgIpc) is 2.85. The van der Waals surface area contributed by atoms with E-state index in [0.717, 1.165) is 36.5 Å². The van der Waals surface area contributed by atoms with Crippen LogP contribution in [0.25, 0.3) is 0 Å². The van der Waals surface area contributed by atoms with Gasteiger partial charge < -0.3 is 10.6 Å². The molecule has 1 aromatic rings. The highest BCUT2D eigenvalue weighted by atomic mass is 16.2. The van der Waals surface area contributed by atoms with Crippen molar-refractivity contribution in [2.24, 2.45) is 11.7 Å². The van der Waals surface area contributed by atoms with Gasteiger partial charge in [0.1, 0.15) is 0 Å². The van der Waals surface area contributed by atoms with Crippen molar-refractivity contribution in [2.45, 2.75) is 33.2 Å². The van der Waals surface area contributed by atoms with Crippen molar-refractivity contribution in [2.75, 3.05) is 13.1 Å². The molecule has 0 aliphatic carbocycles. The van der Waals surface area contributed by atoms with Crippen molar-refractivity contribution in [3.8, 4) is 0 Å². The fourth-order valence-electron chi connectivity index (χ4n) is 2.43. The van der Waals surface area contributed by atoms with Crippen LogP contribution < -0.4 is 5.73 Å². The van der Waals surface area contributed by atoms with Crippen LogP contribution in [0, 0.1) is 19.8 Å². The normalized spacial score (nSPS) is 21.9. The molecular formula is C12H20N4O. The molecule has 2 unspecified atom stereocenters. The standard InChI is InChI=1S/C12H20N4O/c1-7(13)10-4-5-16(6-10)12(17)11-8(2)14-15-9(11)3/h7,10H,4-6,13H2,1-3H3,(H,14,15). The molecule has 0 aromatic carbocycles. The number of nitrogens with two attached hydrogens (primary N) is 1. The van der Waals surface area contributed by atoms with Crippen LogP contribution in [0.4, 0.5) is 0 Å². The lowest BCUT2D eigenvalue weighted by atomic mass is 10.0. The summed E-state index contributed by atoms with van der Waals surface area (Å²) in [6, 6.07) is 0.152. The van der Waals surface area contributed by atoms with E-state index in [0.29, 0.717) is 5.92 Å². The lowest BCUT2D eigenvalue weighted by Crippen LogP contribution is -2.33. The number of aromatic nitrogens is 2. The SMILES string of the molecule is Cc1n[nH]c(C)c1C(=O)N1CCC(C(C)N)C1. The number of H-pyrrole nitrogens is 1. The first-order valence-electron chi connectivity index (χ1n) is 6.07. The Balaban J connectivity index is 2.12. The molecule has 1 aliphatic rings. The van der Waals surface area contributed by atoms with Crippen LogP contribution in [0.5, 0.6) is 0 Å². The van der Waals surface area contributed by atoms with Crippen molar-refractivity contribution in [3.63, 3.8) is 0 Å². The Kier molecular flexibility index (Phi) is 3.19. The summed E-state index contributed by atoms with van der Waals surface area (Å²) in [7, 11) is 0. The number of aromatic amines is 1. The van der Waals surface area contributed by atoms with E-state index >= 15 is 0 Å². The third-order valence-electron chi connectivity index (χ3n) is 3.60. The van der Waals surface area contributed by atoms with E-state index in [1.165, 1.54) is 0 Å². The second-order valence-electron chi connectivity index (χ2n) is 4.97. The molecule has 1 saturated heterocycles. The Morgan fingerprint density at radius 1 is 1.59 bits per heavy atom. The Bertz CT molecular complexity index is 405. The van der Waals surface area contributed by atoms with Crippen LogP contribution in [-0.4, -0.2) is 40.1 Å². The molecule has 2 heterocycles. The Morgan fingerprint density at radius 2 is 2.29 bits per heavy atom. The zero-order chi connectivity index (χ0) is 12.6. The summed E-state index contributed by atoms with van der Waals surface area (Å²) in [6.07, 6.45) is 0.999. The summed E-state index contributed by atoms with van der Waals surface area (Å²) in [5, 5.41) is 6.92. The highest BCUT2D eigenvalue weighted by Crippen LogP contribution is 2.22. The van der Waals surface area contributed by atoms with Gasteiger partial charge in [-0.2, -0.15) is 5.10 Å². The maximum absolute atomic E-state index is 12.3. The predicted molar refractivity (Wildman–Crippen MR) is 65.7 cm³/mol. The third kappa shape index (κ3) is 2.20. The van der Waals surface area contributed by atoms with E-state index in [9.17, 15) is 4.79 Å². The molecule has 5 heteroatoms. The van der Waals surface area contributed by atoms with E-state index in [1.54, 1.807) is 0 Å². The lowest BCUT2D eigenvalue weighted by Gasteiger charge is -2.18. The van der Waals surface area contributed by atoms with E-state index in [1.807, 2.05) is 25.7 Å². The van der Waals surface area contributed by atoms with Crippen molar-refractivity contribution in [3.05, 3.63) is 17.0 Å². The lowest BCUT2D eigenvalue weighted by molar-refractivity contribution is 0.0784. The molecule has 5 nitrogen and oxygen atoms in total. The van der Waals surface area contributed by atoms with E-state index in [2.05, 4.69) is 10.2 Å². The number of hydrogen-bond acceptors (Lipinski definition) is 3.